The lowest BCUT2D eigenvalue weighted by molar-refractivity contribution is 0.0671. The Kier molecular flexibility index (Phi) is 7.03. The van der Waals surface area contributed by atoms with Crippen LogP contribution in [-0.4, -0.2) is 48.3 Å². The number of hydrogen-bond acceptors (Lipinski definition) is 5. The molecule has 2 aromatic carbocycles. The maximum absolute atomic E-state index is 14.7. The lowest BCUT2D eigenvalue weighted by Crippen LogP contribution is -2.39. The summed E-state index contributed by atoms with van der Waals surface area (Å²) in [6, 6.07) is 11.7. The van der Waals surface area contributed by atoms with Gasteiger partial charge in [-0.1, -0.05) is 24.2 Å². The molecule has 6 nitrogen and oxygen atoms in total. The van der Waals surface area contributed by atoms with Crippen molar-refractivity contribution >= 4 is 11.8 Å². The molecule has 8 heteroatoms. The molecule has 4 rings (SSSR count). The summed E-state index contributed by atoms with van der Waals surface area (Å²) in [5.74, 6) is -0.549. The van der Waals surface area contributed by atoms with Gasteiger partial charge in [0.15, 0.2) is 0 Å². The van der Waals surface area contributed by atoms with Gasteiger partial charge in [-0.2, -0.15) is 0 Å². The average molecular weight is 456 g/mol. The van der Waals surface area contributed by atoms with E-state index < -0.39 is 11.6 Å². The molecule has 1 unspecified atom stereocenters. The first-order chi connectivity index (χ1) is 16.0. The van der Waals surface area contributed by atoms with Crippen molar-refractivity contribution in [3.05, 3.63) is 71.3 Å². The van der Waals surface area contributed by atoms with Crippen LogP contribution in [0, 0.1) is 11.6 Å². The fourth-order valence-corrected chi connectivity index (χ4v) is 3.90. The Labute approximate surface area is 191 Å². The van der Waals surface area contributed by atoms with Crippen LogP contribution < -0.4 is 4.90 Å². The number of aromatic nitrogens is 1. The maximum Gasteiger partial charge on any atom is 0.254 e. The largest absolute Gasteiger partial charge is 0.378 e. The summed E-state index contributed by atoms with van der Waals surface area (Å²) in [5, 5.41) is 4.22. The molecule has 1 amide bonds. The Balaban J connectivity index is 1.76. The van der Waals surface area contributed by atoms with Crippen molar-refractivity contribution < 1.29 is 22.8 Å². The molecule has 1 saturated heterocycles. The van der Waals surface area contributed by atoms with Gasteiger partial charge >= 0.3 is 0 Å². The first kappa shape index (κ1) is 22.9. The van der Waals surface area contributed by atoms with E-state index in [1.54, 1.807) is 23.1 Å². The van der Waals surface area contributed by atoms with E-state index in [0.717, 1.165) is 0 Å². The van der Waals surface area contributed by atoms with Crippen molar-refractivity contribution in [2.75, 3.05) is 31.2 Å². The number of nitrogens with zero attached hydrogens (tertiary/aromatic N) is 3. The summed E-state index contributed by atoms with van der Waals surface area (Å²) in [7, 11) is 0. The molecule has 1 atom stereocenters. The Morgan fingerprint density at radius 2 is 1.82 bits per heavy atom. The van der Waals surface area contributed by atoms with E-state index in [4.69, 9.17) is 9.26 Å². The summed E-state index contributed by atoms with van der Waals surface area (Å²) in [6.45, 7) is 6.40. The van der Waals surface area contributed by atoms with Gasteiger partial charge in [0.25, 0.3) is 5.91 Å². The zero-order chi connectivity index (χ0) is 23.4. The van der Waals surface area contributed by atoms with Crippen LogP contribution in [-0.2, 0) is 11.3 Å². The lowest BCUT2D eigenvalue weighted by Gasteiger charge is -2.31. The Hall–Kier alpha value is -3.26. The molecular formula is C25H27F2N3O3. The molecule has 174 valence electrons. The molecular weight excluding hydrogens is 428 g/mol. The van der Waals surface area contributed by atoms with E-state index in [2.05, 4.69) is 5.16 Å². The van der Waals surface area contributed by atoms with Crippen molar-refractivity contribution in [2.24, 2.45) is 0 Å². The monoisotopic (exact) mass is 455 g/mol. The fourth-order valence-electron chi connectivity index (χ4n) is 3.90. The van der Waals surface area contributed by atoms with Gasteiger partial charge in [0.1, 0.15) is 17.3 Å². The van der Waals surface area contributed by atoms with Crippen molar-refractivity contribution in [3.63, 3.8) is 0 Å². The molecule has 1 fully saturated rings. The van der Waals surface area contributed by atoms with Crippen LogP contribution in [0.4, 0.5) is 14.7 Å². The van der Waals surface area contributed by atoms with Gasteiger partial charge in [-0.15, -0.1) is 0 Å². The van der Waals surface area contributed by atoms with Crippen LogP contribution in [0.15, 0.2) is 53.1 Å². The second-order valence-electron chi connectivity index (χ2n) is 8.09. The van der Waals surface area contributed by atoms with Gasteiger partial charge in [0, 0.05) is 30.3 Å². The highest BCUT2D eigenvalue weighted by Gasteiger charge is 2.30. The normalized spacial score (nSPS) is 14.8. The smallest absolute Gasteiger partial charge is 0.254 e. The van der Waals surface area contributed by atoms with Gasteiger partial charge in [-0.25, -0.2) is 8.78 Å². The highest BCUT2D eigenvalue weighted by molar-refractivity contribution is 5.94. The first-order valence-electron chi connectivity index (χ1n) is 11.1. The molecule has 2 heterocycles. The van der Waals surface area contributed by atoms with Crippen LogP contribution in [0.3, 0.4) is 0 Å². The summed E-state index contributed by atoms with van der Waals surface area (Å²) in [4.78, 5) is 17.1. The topological polar surface area (TPSA) is 58.8 Å². The van der Waals surface area contributed by atoms with E-state index in [-0.39, 0.29) is 18.5 Å². The molecule has 0 radical (unpaired) electrons. The van der Waals surface area contributed by atoms with Gasteiger partial charge in [-0.05, 0) is 49.7 Å². The number of hydrogen-bond donors (Lipinski definition) is 0. The highest BCUT2D eigenvalue weighted by atomic mass is 19.1. The van der Waals surface area contributed by atoms with E-state index >= 15 is 0 Å². The Morgan fingerprint density at radius 1 is 1.12 bits per heavy atom. The lowest BCUT2D eigenvalue weighted by atomic mass is 10.0. The minimum Gasteiger partial charge on any atom is -0.378 e. The molecule has 0 spiro atoms. The molecule has 1 aromatic heterocycles. The van der Waals surface area contributed by atoms with E-state index in [0.29, 0.717) is 61.0 Å². The number of rotatable bonds is 7. The molecule has 1 aliphatic heterocycles. The number of ether oxygens (including phenoxy) is 1. The number of carbonyl (C=O) groups is 1. The number of anilines is 1. The SMILES string of the molecule is CCC(C)N(Cc1c(-c2ccccc2F)noc1N1CCOCC1)C(=O)c1ccc(F)cc1. The molecule has 0 bridgehead atoms. The van der Waals surface area contributed by atoms with E-state index in [9.17, 15) is 13.6 Å². The quantitative estimate of drug-likeness (QED) is 0.507. The maximum atomic E-state index is 14.7. The van der Waals surface area contributed by atoms with Crippen molar-refractivity contribution in [1.82, 2.24) is 10.1 Å². The molecule has 1 aliphatic rings. The minimum absolute atomic E-state index is 0.122. The summed E-state index contributed by atoms with van der Waals surface area (Å²) in [5.41, 5.74) is 1.70. The van der Waals surface area contributed by atoms with Gasteiger partial charge in [0.2, 0.25) is 5.88 Å². The predicted octanol–water partition coefficient (Wildman–Crippen LogP) is 4.90. The highest BCUT2D eigenvalue weighted by Crippen LogP contribution is 2.35. The van der Waals surface area contributed by atoms with Crippen LogP contribution in [0.1, 0.15) is 36.2 Å². The number of benzene rings is 2. The van der Waals surface area contributed by atoms with Crippen LogP contribution in [0.5, 0.6) is 0 Å². The predicted molar refractivity (Wildman–Crippen MR) is 121 cm³/mol. The molecule has 0 saturated carbocycles. The second-order valence-corrected chi connectivity index (χ2v) is 8.09. The number of amides is 1. The zero-order valence-corrected chi connectivity index (χ0v) is 18.8. The zero-order valence-electron chi connectivity index (χ0n) is 18.8. The van der Waals surface area contributed by atoms with Gasteiger partial charge < -0.3 is 19.1 Å². The number of morpholine rings is 1. The Bertz CT molecular complexity index is 1090. The second kappa shape index (κ2) is 10.1. The third-order valence-electron chi connectivity index (χ3n) is 6.00. The van der Waals surface area contributed by atoms with Gasteiger partial charge in [-0.3, -0.25) is 4.79 Å². The Morgan fingerprint density at radius 3 is 2.48 bits per heavy atom. The van der Waals surface area contributed by atoms with Crippen molar-refractivity contribution in [3.8, 4) is 11.3 Å². The fraction of sp³-hybridized carbons (Fsp3) is 0.360. The first-order valence-corrected chi connectivity index (χ1v) is 11.1. The van der Waals surface area contributed by atoms with E-state index in [1.165, 1.54) is 30.3 Å². The van der Waals surface area contributed by atoms with Crippen molar-refractivity contribution in [1.29, 1.82) is 0 Å². The summed E-state index contributed by atoms with van der Waals surface area (Å²) >= 11 is 0. The average Bonchev–Trinajstić information content (AvgIpc) is 3.26. The standard InChI is InChI=1S/C25H27F2N3O3/c1-3-17(2)30(24(31)18-8-10-19(26)11-9-18)16-21-23(20-6-4-5-7-22(20)27)28-33-25(21)29-12-14-32-15-13-29/h4-11,17H,3,12-16H2,1-2H3. The molecule has 0 aliphatic carbocycles. The van der Waals surface area contributed by atoms with Gasteiger partial charge in [0.05, 0.1) is 25.3 Å². The van der Waals surface area contributed by atoms with Crippen LogP contribution in [0.25, 0.3) is 11.3 Å². The molecule has 33 heavy (non-hydrogen) atoms. The van der Waals surface area contributed by atoms with Crippen LogP contribution >= 0.6 is 0 Å². The third kappa shape index (κ3) is 4.90. The number of halogens is 2. The summed E-state index contributed by atoms with van der Waals surface area (Å²) in [6.07, 6.45) is 0.708. The third-order valence-corrected chi connectivity index (χ3v) is 6.00. The molecule has 0 N–H and O–H groups in total. The molecule has 3 aromatic rings. The minimum atomic E-state index is -0.416. The van der Waals surface area contributed by atoms with Crippen LogP contribution in [0.2, 0.25) is 0 Å². The van der Waals surface area contributed by atoms with E-state index in [1.807, 2.05) is 18.7 Å². The number of carbonyl (C=O) groups excluding carboxylic acids is 1. The summed E-state index contributed by atoms with van der Waals surface area (Å²) < 4.78 is 39.3. The van der Waals surface area contributed by atoms with Crippen molar-refractivity contribution in [2.45, 2.75) is 32.9 Å².